The molecule has 2 aromatic heterocycles. The summed E-state index contributed by atoms with van der Waals surface area (Å²) in [6.07, 6.45) is 3.39. The third-order valence-corrected chi connectivity index (χ3v) is 4.06. The Hall–Kier alpha value is -3.73. The Kier molecular flexibility index (Phi) is 4.03. The van der Waals surface area contributed by atoms with Crippen molar-refractivity contribution in [2.24, 2.45) is 0 Å². The number of fused-ring (bicyclic) bond motifs is 1. The number of carbonyl (C=O) groups is 1. The summed E-state index contributed by atoms with van der Waals surface area (Å²) in [5, 5.41) is 13.0. The highest BCUT2D eigenvalue weighted by Gasteiger charge is 2.14. The molecule has 0 radical (unpaired) electrons. The number of aromatic nitrogens is 2. The second kappa shape index (κ2) is 6.64. The lowest BCUT2D eigenvalue weighted by Crippen LogP contribution is -2.13. The van der Waals surface area contributed by atoms with Crippen LogP contribution in [0.1, 0.15) is 10.4 Å². The summed E-state index contributed by atoms with van der Waals surface area (Å²) >= 11 is 0. The van der Waals surface area contributed by atoms with Crippen LogP contribution in [0.5, 0.6) is 5.75 Å². The van der Waals surface area contributed by atoms with E-state index in [0.717, 1.165) is 16.5 Å². The first-order valence-electron chi connectivity index (χ1n) is 8.11. The van der Waals surface area contributed by atoms with Crippen LogP contribution in [0.3, 0.4) is 0 Å². The Labute approximate surface area is 150 Å². The van der Waals surface area contributed by atoms with Crippen LogP contribution in [0.15, 0.2) is 79.1 Å². The first kappa shape index (κ1) is 15.8. The molecule has 5 heteroatoms. The molecule has 0 saturated carbocycles. The lowest BCUT2D eigenvalue weighted by molar-refractivity contribution is 0.102. The predicted octanol–water partition coefficient (Wildman–Crippen LogP) is 4.25. The molecule has 1 amide bonds. The molecule has 2 aromatic carbocycles. The van der Waals surface area contributed by atoms with E-state index in [4.69, 9.17) is 0 Å². The van der Waals surface area contributed by atoms with E-state index in [1.54, 1.807) is 30.6 Å². The maximum Gasteiger partial charge on any atom is 0.256 e. The summed E-state index contributed by atoms with van der Waals surface area (Å²) in [4.78, 5) is 21.6. The van der Waals surface area contributed by atoms with Crippen LogP contribution in [-0.4, -0.2) is 21.0 Å². The van der Waals surface area contributed by atoms with Gasteiger partial charge in [-0.15, -0.1) is 0 Å². The van der Waals surface area contributed by atoms with Gasteiger partial charge in [0, 0.05) is 29.0 Å². The minimum Gasteiger partial charge on any atom is -0.508 e. The molecule has 0 aliphatic carbocycles. The van der Waals surface area contributed by atoms with E-state index in [0.29, 0.717) is 16.9 Å². The number of para-hydroxylation sites is 1. The second-order valence-corrected chi connectivity index (χ2v) is 5.81. The van der Waals surface area contributed by atoms with Crippen LogP contribution in [0.4, 0.5) is 5.69 Å². The molecule has 26 heavy (non-hydrogen) atoms. The number of hydrogen-bond acceptors (Lipinski definition) is 4. The number of pyridine rings is 2. The number of aromatic hydroxyl groups is 1. The molecule has 0 saturated heterocycles. The lowest BCUT2D eigenvalue weighted by Gasteiger charge is -2.11. The third kappa shape index (κ3) is 3.10. The topological polar surface area (TPSA) is 75.1 Å². The van der Waals surface area contributed by atoms with Gasteiger partial charge >= 0.3 is 0 Å². The van der Waals surface area contributed by atoms with Crippen molar-refractivity contribution >= 4 is 22.5 Å². The van der Waals surface area contributed by atoms with E-state index in [-0.39, 0.29) is 11.7 Å². The van der Waals surface area contributed by atoms with Gasteiger partial charge in [0.25, 0.3) is 5.91 Å². The summed E-state index contributed by atoms with van der Waals surface area (Å²) in [7, 11) is 0. The maximum absolute atomic E-state index is 12.9. The van der Waals surface area contributed by atoms with E-state index in [1.807, 2.05) is 36.4 Å². The van der Waals surface area contributed by atoms with Crippen molar-refractivity contribution in [2.75, 3.05) is 5.32 Å². The molecular formula is C21H15N3O2. The number of rotatable bonds is 3. The fourth-order valence-corrected chi connectivity index (χ4v) is 2.78. The smallest absolute Gasteiger partial charge is 0.256 e. The van der Waals surface area contributed by atoms with Crippen molar-refractivity contribution in [1.29, 1.82) is 0 Å². The van der Waals surface area contributed by atoms with Crippen LogP contribution in [0.2, 0.25) is 0 Å². The predicted molar refractivity (Wildman–Crippen MR) is 101 cm³/mol. The highest BCUT2D eigenvalue weighted by Crippen LogP contribution is 2.25. The highest BCUT2D eigenvalue weighted by molar-refractivity contribution is 6.13. The van der Waals surface area contributed by atoms with Gasteiger partial charge in [-0.1, -0.05) is 18.2 Å². The van der Waals surface area contributed by atoms with Crippen molar-refractivity contribution in [1.82, 2.24) is 9.97 Å². The summed E-state index contributed by atoms with van der Waals surface area (Å²) in [5.74, 6) is -0.0815. The van der Waals surface area contributed by atoms with Gasteiger partial charge in [-0.25, -0.2) is 4.98 Å². The molecule has 4 rings (SSSR count). The van der Waals surface area contributed by atoms with Gasteiger partial charge in [0.15, 0.2) is 0 Å². The summed E-state index contributed by atoms with van der Waals surface area (Å²) in [6, 6.07) is 19.4. The lowest BCUT2D eigenvalue weighted by atomic mass is 10.0. The SMILES string of the molecule is O=C(Nc1ccc(O)cc1)c1cc(-c2ccncc2)nc2ccccc12. The largest absolute Gasteiger partial charge is 0.508 e. The van der Waals surface area contributed by atoms with Crippen LogP contribution in [-0.2, 0) is 0 Å². The van der Waals surface area contributed by atoms with Gasteiger partial charge in [-0.3, -0.25) is 9.78 Å². The van der Waals surface area contributed by atoms with Gasteiger partial charge in [0.1, 0.15) is 5.75 Å². The number of phenols is 1. The molecule has 2 heterocycles. The van der Waals surface area contributed by atoms with Gasteiger partial charge in [-0.05, 0) is 48.5 Å². The second-order valence-electron chi connectivity index (χ2n) is 5.81. The van der Waals surface area contributed by atoms with Gasteiger partial charge < -0.3 is 10.4 Å². The summed E-state index contributed by atoms with van der Waals surface area (Å²) in [6.45, 7) is 0. The Balaban J connectivity index is 1.79. The molecular weight excluding hydrogens is 326 g/mol. The van der Waals surface area contributed by atoms with Crippen molar-refractivity contribution < 1.29 is 9.90 Å². The van der Waals surface area contributed by atoms with E-state index >= 15 is 0 Å². The number of phenolic OH excluding ortho intramolecular Hbond substituents is 1. The molecule has 2 N–H and O–H groups in total. The molecule has 126 valence electrons. The monoisotopic (exact) mass is 341 g/mol. The van der Waals surface area contributed by atoms with Gasteiger partial charge in [0.2, 0.25) is 0 Å². The zero-order valence-electron chi connectivity index (χ0n) is 13.8. The summed E-state index contributed by atoms with van der Waals surface area (Å²) in [5.41, 5.74) is 3.50. The molecule has 0 atom stereocenters. The van der Waals surface area contributed by atoms with Crippen LogP contribution < -0.4 is 5.32 Å². The van der Waals surface area contributed by atoms with Crippen molar-refractivity contribution in [3.05, 3.63) is 84.7 Å². The number of hydrogen-bond donors (Lipinski definition) is 2. The molecule has 0 bridgehead atoms. The molecule has 5 nitrogen and oxygen atoms in total. The highest BCUT2D eigenvalue weighted by atomic mass is 16.3. The van der Waals surface area contributed by atoms with Gasteiger partial charge in [0.05, 0.1) is 16.8 Å². The van der Waals surface area contributed by atoms with Crippen molar-refractivity contribution in [2.45, 2.75) is 0 Å². The first-order valence-corrected chi connectivity index (χ1v) is 8.11. The summed E-state index contributed by atoms with van der Waals surface area (Å²) < 4.78 is 0. The number of nitrogens with one attached hydrogen (secondary N) is 1. The Morgan fingerprint density at radius 3 is 2.42 bits per heavy atom. The molecule has 0 unspecified atom stereocenters. The zero-order chi connectivity index (χ0) is 17.9. The number of benzene rings is 2. The van der Waals surface area contributed by atoms with Crippen molar-refractivity contribution in [3.63, 3.8) is 0 Å². The van der Waals surface area contributed by atoms with E-state index in [1.165, 1.54) is 12.1 Å². The number of amides is 1. The van der Waals surface area contributed by atoms with Crippen LogP contribution in [0, 0.1) is 0 Å². The molecule has 0 aliphatic rings. The molecule has 4 aromatic rings. The van der Waals surface area contributed by atoms with Crippen molar-refractivity contribution in [3.8, 4) is 17.0 Å². The number of carbonyl (C=O) groups excluding carboxylic acids is 1. The fourth-order valence-electron chi connectivity index (χ4n) is 2.78. The van der Waals surface area contributed by atoms with Gasteiger partial charge in [-0.2, -0.15) is 0 Å². The number of nitrogens with zero attached hydrogens (tertiary/aromatic N) is 2. The quantitative estimate of drug-likeness (QED) is 0.546. The normalized spacial score (nSPS) is 10.6. The zero-order valence-corrected chi connectivity index (χ0v) is 13.8. The fraction of sp³-hybridized carbons (Fsp3) is 0. The molecule has 0 fully saturated rings. The average Bonchev–Trinajstić information content (AvgIpc) is 2.69. The number of anilines is 1. The van der Waals surface area contributed by atoms with E-state index in [9.17, 15) is 9.90 Å². The van der Waals surface area contributed by atoms with Crippen LogP contribution in [0.25, 0.3) is 22.2 Å². The maximum atomic E-state index is 12.9. The minimum absolute atomic E-state index is 0.150. The Morgan fingerprint density at radius 1 is 0.923 bits per heavy atom. The third-order valence-electron chi connectivity index (χ3n) is 4.06. The first-order chi connectivity index (χ1) is 12.7. The Morgan fingerprint density at radius 2 is 1.65 bits per heavy atom. The minimum atomic E-state index is -0.232. The standard InChI is InChI=1S/C21H15N3O2/c25-16-7-5-15(6-8-16)23-21(26)18-13-20(14-9-11-22-12-10-14)24-19-4-2-1-3-17(18)19/h1-13,25H,(H,23,26). The Bertz CT molecular complexity index is 1080. The molecule has 0 spiro atoms. The van der Waals surface area contributed by atoms with E-state index in [2.05, 4.69) is 15.3 Å². The van der Waals surface area contributed by atoms with E-state index < -0.39 is 0 Å². The average molecular weight is 341 g/mol. The molecule has 0 aliphatic heterocycles. The van der Waals surface area contributed by atoms with Crippen LogP contribution >= 0.6 is 0 Å².